The summed E-state index contributed by atoms with van der Waals surface area (Å²) in [4.78, 5) is 42.6. The van der Waals surface area contributed by atoms with Gasteiger partial charge in [0, 0.05) is 6.20 Å². The third kappa shape index (κ3) is 3.11. The number of carbonyl (C=O) groups excluding carboxylic acids is 3. The monoisotopic (exact) mass is 398 g/mol. The first-order chi connectivity index (χ1) is 13.4. The van der Waals surface area contributed by atoms with Crippen LogP contribution in [0.5, 0.6) is 0 Å². The largest absolute Gasteiger partial charge is 0.325 e. The summed E-state index contributed by atoms with van der Waals surface area (Å²) in [6.45, 7) is 1.26. The average molecular weight is 399 g/mol. The van der Waals surface area contributed by atoms with Gasteiger partial charge in [0.25, 0.3) is 5.91 Å². The minimum atomic E-state index is -1.19. The van der Waals surface area contributed by atoms with Crippen molar-refractivity contribution < 1.29 is 14.4 Å². The number of fused-ring (bicyclic) bond motifs is 1. The van der Waals surface area contributed by atoms with Crippen LogP contribution in [0.2, 0.25) is 5.15 Å². The van der Waals surface area contributed by atoms with E-state index in [0.717, 1.165) is 29.7 Å². The highest BCUT2D eigenvalue weighted by molar-refractivity contribution is 6.32. The Bertz CT molecular complexity index is 993. The second-order valence-electron chi connectivity index (χ2n) is 7.17. The van der Waals surface area contributed by atoms with E-state index in [4.69, 9.17) is 11.6 Å². The molecule has 0 radical (unpaired) electrons. The minimum Gasteiger partial charge on any atom is -0.322 e. The van der Waals surface area contributed by atoms with Gasteiger partial charge in [-0.1, -0.05) is 29.8 Å². The Morgan fingerprint density at radius 3 is 2.86 bits per heavy atom. The molecule has 4 rings (SSSR count). The number of aryl methyl sites for hydroxylation is 2. The molecule has 2 aliphatic rings. The van der Waals surface area contributed by atoms with Crippen LogP contribution in [0.1, 0.15) is 30.0 Å². The lowest BCUT2D eigenvalue weighted by atomic mass is 9.89. The van der Waals surface area contributed by atoms with Crippen LogP contribution in [0.25, 0.3) is 0 Å². The average Bonchev–Trinajstić information content (AvgIpc) is 3.22. The van der Waals surface area contributed by atoms with Gasteiger partial charge in [-0.25, -0.2) is 9.78 Å². The maximum atomic E-state index is 13.0. The molecule has 1 atom stereocenters. The number of benzene rings is 1. The topological polar surface area (TPSA) is 91.4 Å². The normalized spacial score (nSPS) is 20.9. The predicted octanol–water partition coefficient (Wildman–Crippen LogP) is 2.63. The second kappa shape index (κ2) is 6.91. The molecule has 2 heterocycles. The highest BCUT2D eigenvalue weighted by atomic mass is 35.5. The molecular formula is C20H19ClN4O3. The van der Waals surface area contributed by atoms with Crippen molar-refractivity contribution in [1.82, 2.24) is 15.2 Å². The molecule has 2 aromatic rings. The first-order valence-corrected chi connectivity index (χ1v) is 9.43. The van der Waals surface area contributed by atoms with Crippen LogP contribution in [-0.2, 0) is 28.0 Å². The second-order valence-corrected chi connectivity index (χ2v) is 7.53. The number of aromatic nitrogens is 1. The van der Waals surface area contributed by atoms with Gasteiger partial charge in [0.15, 0.2) is 5.15 Å². The van der Waals surface area contributed by atoms with Gasteiger partial charge in [-0.15, -0.1) is 0 Å². The Balaban J connectivity index is 1.52. The zero-order valence-electron chi connectivity index (χ0n) is 15.3. The van der Waals surface area contributed by atoms with Crippen LogP contribution in [0.4, 0.5) is 10.5 Å². The van der Waals surface area contributed by atoms with Crippen molar-refractivity contribution in [1.29, 1.82) is 0 Å². The highest BCUT2D eigenvalue weighted by Gasteiger charge is 2.49. The van der Waals surface area contributed by atoms with Crippen molar-refractivity contribution in [2.45, 2.75) is 31.7 Å². The maximum absolute atomic E-state index is 13.0. The van der Waals surface area contributed by atoms with Gasteiger partial charge in [-0.05, 0) is 55.0 Å². The van der Waals surface area contributed by atoms with Crippen molar-refractivity contribution >= 4 is 35.1 Å². The fraction of sp³-hybridized carbons (Fsp3) is 0.300. The molecule has 2 N–H and O–H groups in total. The van der Waals surface area contributed by atoms with Gasteiger partial charge >= 0.3 is 6.03 Å². The molecule has 7 nitrogen and oxygen atoms in total. The van der Waals surface area contributed by atoms with Crippen molar-refractivity contribution in [3.8, 4) is 0 Å². The Morgan fingerprint density at radius 1 is 1.29 bits per heavy atom. The quantitative estimate of drug-likeness (QED) is 0.611. The summed E-state index contributed by atoms with van der Waals surface area (Å²) in [7, 11) is 0. The van der Waals surface area contributed by atoms with E-state index in [9.17, 15) is 14.4 Å². The van der Waals surface area contributed by atoms with Gasteiger partial charge in [-0.2, -0.15) is 0 Å². The smallest absolute Gasteiger partial charge is 0.322 e. The predicted molar refractivity (Wildman–Crippen MR) is 104 cm³/mol. The molecule has 28 heavy (non-hydrogen) atoms. The van der Waals surface area contributed by atoms with E-state index in [1.54, 1.807) is 19.1 Å². The fourth-order valence-corrected chi connectivity index (χ4v) is 3.90. The van der Waals surface area contributed by atoms with Crippen molar-refractivity contribution in [3.63, 3.8) is 0 Å². The molecule has 0 bridgehead atoms. The standard InChI is InChI=1S/C20H19ClN4O3/c1-20(14-8-7-12-4-2-5-13(12)10-14)18(27)25(19(28)24-20)11-16(26)23-15-6-3-9-22-17(15)21/h3,6-10H,2,4-5,11H2,1H3,(H,23,26)(H,24,28)/t20-/m0/s1. The van der Waals surface area contributed by atoms with Crippen LogP contribution < -0.4 is 10.6 Å². The van der Waals surface area contributed by atoms with E-state index in [1.165, 1.54) is 17.3 Å². The number of rotatable bonds is 4. The van der Waals surface area contributed by atoms with Crippen molar-refractivity contribution in [2.24, 2.45) is 0 Å². The number of hydrogen-bond acceptors (Lipinski definition) is 4. The van der Waals surface area contributed by atoms with Gasteiger partial charge in [0.2, 0.25) is 5.91 Å². The number of anilines is 1. The molecule has 1 fully saturated rings. The third-order valence-corrected chi connectivity index (χ3v) is 5.59. The van der Waals surface area contributed by atoms with Crippen molar-refractivity contribution in [3.05, 3.63) is 58.4 Å². The maximum Gasteiger partial charge on any atom is 0.325 e. The summed E-state index contributed by atoms with van der Waals surface area (Å²) in [6, 6.07) is 8.50. The number of nitrogens with zero attached hydrogens (tertiary/aromatic N) is 2. The molecule has 1 aliphatic heterocycles. The summed E-state index contributed by atoms with van der Waals surface area (Å²) >= 11 is 5.93. The number of urea groups is 1. The van der Waals surface area contributed by atoms with Gasteiger partial charge in [0.1, 0.15) is 12.1 Å². The van der Waals surface area contributed by atoms with Gasteiger partial charge in [-0.3, -0.25) is 14.5 Å². The number of halogens is 1. The van der Waals surface area contributed by atoms with Crippen LogP contribution in [0.3, 0.4) is 0 Å². The fourth-order valence-electron chi connectivity index (χ4n) is 3.73. The van der Waals surface area contributed by atoms with E-state index in [1.807, 2.05) is 18.2 Å². The molecule has 0 spiro atoms. The Hall–Kier alpha value is -2.93. The number of carbonyl (C=O) groups is 3. The molecule has 4 amide bonds. The summed E-state index contributed by atoms with van der Waals surface area (Å²) in [6.07, 6.45) is 4.60. The first kappa shape index (κ1) is 18.4. The number of nitrogens with one attached hydrogen (secondary N) is 2. The van der Waals surface area contributed by atoms with Crippen LogP contribution >= 0.6 is 11.6 Å². The summed E-state index contributed by atoms with van der Waals surface area (Å²) in [5.74, 6) is -0.987. The highest BCUT2D eigenvalue weighted by Crippen LogP contribution is 2.32. The van der Waals surface area contributed by atoms with Gasteiger partial charge < -0.3 is 10.6 Å². The SMILES string of the molecule is C[C@@]1(c2ccc3c(c2)CCC3)NC(=O)N(CC(=O)Nc2cccnc2Cl)C1=O. The lowest BCUT2D eigenvalue weighted by Gasteiger charge is -2.23. The number of imide groups is 1. The van der Waals surface area contributed by atoms with Crippen molar-refractivity contribution in [2.75, 3.05) is 11.9 Å². The Kier molecular flexibility index (Phi) is 4.55. The van der Waals surface area contributed by atoms with Gasteiger partial charge in [0.05, 0.1) is 5.69 Å². The number of hydrogen-bond donors (Lipinski definition) is 2. The van der Waals surface area contributed by atoms with E-state index in [2.05, 4.69) is 15.6 Å². The Labute approximate surface area is 167 Å². The zero-order chi connectivity index (χ0) is 19.9. The lowest BCUT2D eigenvalue weighted by Crippen LogP contribution is -2.42. The first-order valence-electron chi connectivity index (χ1n) is 9.05. The molecule has 1 aromatic heterocycles. The summed E-state index contributed by atoms with van der Waals surface area (Å²) in [5.41, 5.74) is 2.35. The van der Waals surface area contributed by atoms with E-state index >= 15 is 0 Å². The minimum absolute atomic E-state index is 0.135. The van der Waals surface area contributed by atoms with E-state index in [0.29, 0.717) is 5.69 Å². The van der Waals surface area contributed by atoms with Crippen LogP contribution in [-0.4, -0.2) is 34.3 Å². The lowest BCUT2D eigenvalue weighted by molar-refractivity contribution is -0.133. The number of amides is 4. The van der Waals surface area contributed by atoms with E-state index < -0.39 is 29.9 Å². The molecular weight excluding hydrogens is 380 g/mol. The van der Waals surface area contributed by atoms with E-state index in [-0.39, 0.29) is 5.15 Å². The molecule has 144 valence electrons. The summed E-state index contributed by atoms with van der Waals surface area (Å²) < 4.78 is 0. The molecule has 0 saturated carbocycles. The molecule has 8 heteroatoms. The zero-order valence-corrected chi connectivity index (χ0v) is 16.0. The molecule has 0 unspecified atom stereocenters. The molecule has 1 aromatic carbocycles. The molecule has 1 saturated heterocycles. The van der Waals surface area contributed by atoms with Crippen LogP contribution in [0, 0.1) is 0 Å². The summed E-state index contributed by atoms with van der Waals surface area (Å²) in [5, 5.41) is 5.44. The Morgan fingerprint density at radius 2 is 2.07 bits per heavy atom. The van der Waals surface area contributed by atoms with Crippen LogP contribution in [0.15, 0.2) is 36.5 Å². The molecule has 1 aliphatic carbocycles. The number of pyridine rings is 1. The third-order valence-electron chi connectivity index (χ3n) is 5.29.